The lowest BCUT2D eigenvalue weighted by Crippen LogP contribution is -2.45. The zero-order valence-corrected chi connectivity index (χ0v) is 15.2. The number of carbonyl (C=O) groups is 2. The molecule has 1 saturated heterocycles. The zero-order chi connectivity index (χ0) is 18.7. The van der Waals surface area contributed by atoms with Gasteiger partial charge in [-0.15, -0.1) is 0 Å². The maximum atomic E-state index is 12.6. The lowest BCUT2D eigenvalue weighted by molar-refractivity contribution is -0.125. The van der Waals surface area contributed by atoms with Crippen LogP contribution < -0.4 is 10.1 Å². The molecule has 1 aliphatic rings. The summed E-state index contributed by atoms with van der Waals surface area (Å²) in [6.45, 7) is 4.69. The standard InChI is InChI=1S/C19H23N3O4/c1-12-10-20-14(13(2)17(12)25-3)11-21-18(23)15-6-4-8-22(15)19(24)16-7-5-9-26-16/h5,7,9-10,15H,4,6,8,11H2,1-3H3,(H,21,23). The maximum Gasteiger partial charge on any atom is 0.290 e. The molecule has 7 nitrogen and oxygen atoms in total. The SMILES string of the molecule is COc1c(C)cnc(CNC(=O)C2CCCN2C(=O)c2ccco2)c1C. The minimum Gasteiger partial charge on any atom is -0.496 e. The van der Waals surface area contributed by atoms with E-state index in [9.17, 15) is 9.59 Å². The van der Waals surface area contributed by atoms with E-state index in [-0.39, 0.29) is 17.6 Å². The number of nitrogens with zero attached hydrogens (tertiary/aromatic N) is 2. The molecule has 1 atom stereocenters. The number of furan rings is 1. The lowest BCUT2D eigenvalue weighted by atomic mass is 10.1. The monoisotopic (exact) mass is 357 g/mol. The predicted molar refractivity (Wildman–Crippen MR) is 94.9 cm³/mol. The molecule has 2 amide bonds. The van der Waals surface area contributed by atoms with Gasteiger partial charge < -0.3 is 19.4 Å². The summed E-state index contributed by atoms with van der Waals surface area (Å²) in [5.41, 5.74) is 2.61. The number of aromatic nitrogens is 1. The van der Waals surface area contributed by atoms with Crippen molar-refractivity contribution in [2.24, 2.45) is 0 Å². The molecule has 2 aromatic rings. The number of likely N-dealkylation sites (tertiary alicyclic amines) is 1. The van der Waals surface area contributed by atoms with E-state index in [1.54, 1.807) is 30.3 Å². The summed E-state index contributed by atoms with van der Waals surface area (Å²) < 4.78 is 10.6. The molecule has 0 spiro atoms. The fourth-order valence-electron chi connectivity index (χ4n) is 3.36. The fourth-order valence-corrected chi connectivity index (χ4v) is 3.36. The Labute approximate surface area is 152 Å². The van der Waals surface area contributed by atoms with Crippen molar-refractivity contribution in [1.29, 1.82) is 0 Å². The van der Waals surface area contributed by atoms with Gasteiger partial charge in [-0.25, -0.2) is 0 Å². The molecule has 0 radical (unpaired) electrons. The summed E-state index contributed by atoms with van der Waals surface area (Å²) in [7, 11) is 1.62. The molecule has 0 aliphatic carbocycles. The molecule has 3 rings (SSSR count). The minimum absolute atomic E-state index is 0.178. The average Bonchev–Trinajstić information content (AvgIpc) is 3.32. The second-order valence-corrected chi connectivity index (χ2v) is 6.40. The number of aryl methyl sites for hydroxylation is 1. The van der Waals surface area contributed by atoms with Crippen molar-refractivity contribution in [3.8, 4) is 5.75 Å². The highest BCUT2D eigenvalue weighted by atomic mass is 16.5. The molecule has 2 aromatic heterocycles. The van der Waals surface area contributed by atoms with Gasteiger partial charge in [0, 0.05) is 23.9 Å². The first-order valence-electron chi connectivity index (χ1n) is 8.64. The Hall–Kier alpha value is -2.83. The van der Waals surface area contributed by atoms with E-state index in [0.717, 1.165) is 29.0 Å². The van der Waals surface area contributed by atoms with Gasteiger partial charge in [-0.05, 0) is 38.8 Å². The van der Waals surface area contributed by atoms with Crippen molar-refractivity contribution >= 4 is 11.8 Å². The topological polar surface area (TPSA) is 84.7 Å². The van der Waals surface area contributed by atoms with Gasteiger partial charge in [-0.2, -0.15) is 0 Å². The van der Waals surface area contributed by atoms with Crippen LogP contribution in [0.5, 0.6) is 5.75 Å². The van der Waals surface area contributed by atoms with Crippen LogP contribution in [0.1, 0.15) is 40.2 Å². The van der Waals surface area contributed by atoms with E-state index in [1.807, 2.05) is 13.8 Å². The van der Waals surface area contributed by atoms with Gasteiger partial charge in [-0.1, -0.05) is 0 Å². The molecule has 7 heteroatoms. The molecule has 138 valence electrons. The van der Waals surface area contributed by atoms with Crippen LogP contribution >= 0.6 is 0 Å². The van der Waals surface area contributed by atoms with Crippen LogP contribution in [0.25, 0.3) is 0 Å². The Morgan fingerprint density at radius 1 is 1.42 bits per heavy atom. The molecule has 0 aromatic carbocycles. The highest BCUT2D eigenvalue weighted by Gasteiger charge is 2.35. The molecule has 26 heavy (non-hydrogen) atoms. The number of methoxy groups -OCH3 is 1. The van der Waals surface area contributed by atoms with Crippen LogP contribution in [-0.2, 0) is 11.3 Å². The highest BCUT2D eigenvalue weighted by Crippen LogP contribution is 2.24. The first-order valence-corrected chi connectivity index (χ1v) is 8.64. The summed E-state index contributed by atoms with van der Waals surface area (Å²) >= 11 is 0. The Morgan fingerprint density at radius 2 is 2.23 bits per heavy atom. The Morgan fingerprint density at radius 3 is 2.92 bits per heavy atom. The molecule has 0 bridgehead atoms. The molecule has 1 aliphatic heterocycles. The molecular weight excluding hydrogens is 334 g/mol. The van der Waals surface area contributed by atoms with Crippen LogP contribution in [0.4, 0.5) is 0 Å². The quantitative estimate of drug-likeness (QED) is 0.887. The maximum absolute atomic E-state index is 12.6. The number of hydrogen-bond donors (Lipinski definition) is 1. The van der Waals surface area contributed by atoms with Crippen molar-refractivity contribution in [3.63, 3.8) is 0 Å². The fraction of sp³-hybridized carbons (Fsp3) is 0.421. The second kappa shape index (κ2) is 7.59. The van der Waals surface area contributed by atoms with Crippen molar-refractivity contribution in [1.82, 2.24) is 15.2 Å². The zero-order valence-electron chi connectivity index (χ0n) is 15.2. The third-order valence-corrected chi connectivity index (χ3v) is 4.73. The van der Waals surface area contributed by atoms with Gasteiger partial charge in [-0.3, -0.25) is 14.6 Å². The predicted octanol–water partition coefficient (Wildman–Crippen LogP) is 2.22. The van der Waals surface area contributed by atoms with E-state index in [4.69, 9.17) is 9.15 Å². The Bertz CT molecular complexity index is 801. The summed E-state index contributed by atoms with van der Waals surface area (Å²) in [6, 6.07) is 2.79. The van der Waals surface area contributed by atoms with Crippen LogP contribution in [0.3, 0.4) is 0 Å². The smallest absolute Gasteiger partial charge is 0.290 e. The normalized spacial score (nSPS) is 16.6. The lowest BCUT2D eigenvalue weighted by Gasteiger charge is -2.23. The summed E-state index contributed by atoms with van der Waals surface area (Å²) in [4.78, 5) is 31.1. The van der Waals surface area contributed by atoms with Crippen molar-refractivity contribution in [2.45, 2.75) is 39.3 Å². The van der Waals surface area contributed by atoms with Crippen molar-refractivity contribution < 1.29 is 18.7 Å². The van der Waals surface area contributed by atoms with Gasteiger partial charge in [0.05, 0.1) is 25.6 Å². The third-order valence-electron chi connectivity index (χ3n) is 4.73. The number of nitrogens with one attached hydrogen (secondary N) is 1. The molecule has 1 unspecified atom stereocenters. The summed E-state index contributed by atoms with van der Waals surface area (Å²) in [6.07, 6.45) is 4.62. The van der Waals surface area contributed by atoms with E-state index in [2.05, 4.69) is 10.3 Å². The Balaban J connectivity index is 1.67. The number of pyridine rings is 1. The van der Waals surface area contributed by atoms with Crippen molar-refractivity contribution in [3.05, 3.63) is 47.2 Å². The third kappa shape index (κ3) is 3.42. The van der Waals surface area contributed by atoms with E-state index in [1.165, 1.54) is 6.26 Å². The molecule has 0 saturated carbocycles. The van der Waals surface area contributed by atoms with Crippen LogP contribution in [0.15, 0.2) is 29.0 Å². The first-order chi connectivity index (χ1) is 12.5. The Kier molecular flexibility index (Phi) is 5.25. The minimum atomic E-state index is -0.486. The highest BCUT2D eigenvalue weighted by molar-refractivity contribution is 5.95. The number of hydrogen-bond acceptors (Lipinski definition) is 5. The molecule has 3 heterocycles. The van der Waals surface area contributed by atoms with Gasteiger partial charge in [0.25, 0.3) is 5.91 Å². The van der Waals surface area contributed by atoms with Gasteiger partial charge in [0.2, 0.25) is 5.91 Å². The van der Waals surface area contributed by atoms with Gasteiger partial charge in [0.15, 0.2) is 5.76 Å². The van der Waals surface area contributed by atoms with Crippen LogP contribution in [-0.4, -0.2) is 41.4 Å². The van der Waals surface area contributed by atoms with E-state index >= 15 is 0 Å². The summed E-state index contributed by atoms with van der Waals surface area (Å²) in [5.74, 6) is 0.604. The number of amides is 2. The van der Waals surface area contributed by atoms with Gasteiger partial charge in [0.1, 0.15) is 11.8 Å². The first kappa shape index (κ1) is 18.0. The number of rotatable bonds is 5. The largest absolute Gasteiger partial charge is 0.496 e. The van der Waals surface area contributed by atoms with E-state index < -0.39 is 6.04 Å². The number of ether oxygens (including phenoxy) is 1. The molecule has 1 fully saturated rings. The number of carbonyl (C=O) groups excluding carboxylic acids is 2. The van der Waals surface area contributed by atoms with E-state index in [0.29, 0.717) is 19.5 Å². The summed E-state index contributed by atoms with van der Waals surface area (Å²) in [5, 5.41) is 2.90. The van der Waals surface area contributed by atoms with Crippen LogP contribution in [0, 0.1) is 13.8 Å². The molecule has 1 N–H and O–H groups in total. The van der Waals surface area contributed by atoms with Crippen LogP contribution in [0.2, 0.25) is 0 Å². The average molecular weight is 357 g/mol. The molecular formula is C19H23N3O4. The second-order valence-electron chi connectivity index (χ2n) is 6.40. The van der Waals surface area contributed by atoms with Gasteiger partial charge >= 0.3 is 0 Å². The van der Waals surface area contributed by atoms with Crippen molar-refractivity contribution in [2.75, 3.05) is 13.7 Å².